The first-order chi connectivity index (χ1) is 9.00. The number of hydrogen-bond acceptors (Lipinski definition) is 4. The van der Waals surface area contributed by atoms with Crippen molar-refractivity contribution in [2.45, 2.75) is 0 Å². The molecule has 1 amide bonds. The van der Waals surface area contributed by atoms with Crippen molar-refractivity contribution in [2.75, 3.05) is 14.1 Å². The van der Waals surface area contributed by atoms with E-state index in [0.29, 0.717) is 5.69 Å². The molecule has 7 heteroatoms. The SMILES string of the molecule is CN(C)C(=O)c1nn(-c2ccccc2)nc1C(=O)O. The molecule has 0 atom stereocenters. The van der Waals surface area contributed by atoms with Crippen LogP contribution in [-0.2, 0) is 0 Å². The highest BCUT2D eigenvalue weighted by molar-refractivity contribution is 6.01. The number of aromatic nitrogens is 3. The standard InChI is InChI=1S/C12H12N4O3/c1-15(2)11(17)9-10(12(18)19)14-16(13-9)8-6-4-3-5-7-8/h3-7H,1-2H3,(H,18,19). The molecule has 1 aromatic carbocycles. The van der Waals surface area contributed by atoms with Gasteiger partial charge >= 0.3 is 5.97 Å². The summed E-state index contributed by atoms with van der Waals surface area (Å²) >= 11 is 0. The third-order valence-corrected chi connectivity index (χ3v) is 2.41. The molecule has 0 saturated heterocycles. The lowest BCUT2D eigenvalue weighted by atomic mass is 10.3. The maximum atomic E-state index is 11.9. The fraction of sp³-hybridized carbons (Fsp3) is 0.167. The van der Waals surface area contributed by atoms with E-state index < -0.39 is 11.9 Å². The number of benzene rings is 1. The van der Waals surface area contributed by atoms with Crippen molar-refractivity contribution in [3.8, 4) is 5.69 Å². The Kier molecular flexibility index (Phi) is 3.28. The molecular weight excluding hydrogens is 248 g/mol. The second-order valence-electron chi connectivity index (χ2n) is 4.03. The smallest absolute Gasteiger partial charge is 0.358 e. The summed E-state index contributed by atoms with van der Waals surface area (Å²) in [4.78, 5) is 25.4. The van der Waals surface area contributed by atoms with Gasteiger partial charge in [0, 0.05) is 14.1 Å². The van der Waals surface area contributed by atoms with Crippen molar-refractivity contribution in [2.24, 2.45) is 0 Å². The molecule has 1 heterocycles. The van der Waals surface area contributed by atoms with Gasteiger partial charge in [-0.2, -0.15) is 0 Å². The summed E-state index contributed by atoms with van der Waals surface area (Å²) in [5.74, 6) is -1.79. The minimum absolute atomic E-state index is 0.179. The van der Waals surface area contributed by atoms with E-state index in [4.69, 9.17) is 5.11 Å². The number of carbonyl (C=O) groups excluding carboxylic acids is 1. The Balaban J connectivity index is 2.53. The van der Waals surface area contributed by atoms with E-state index in [1.165, 1.54) is 19.0 Å². The van der Waals surface area contributed by atoms with Crippen molar-refractivity contribution in [1.29, 1.82) is 0 Å². The molecule has 98 valence electrons. The quantitative estimate of drug-likeness (QED) is 0.876. The zero-order chi connectivity index (χ0) is 14.0. The molecule has 1 aromatic heterocycles. The number of carboxylic acid groups (broad SMARTS) is 1. The van der Waals surface area contributed by atoms with Gasteiger partial charge in [0.05, 0.1) is 5.69 Å². The normalized spacial score (nSPS) is 10.2. The number of amides is 1. The Morgan fingerprint density at radius 3 is 2.21 bits per heavy atom. The number of aromatic carboxylic acids is 1. The van der Waals surface area contributed by atoms with Crippen LogP contribution in [0.1, 0.15) is 21.0 Å². The van der Waals surface area contributed by atoms with Crippen LogP contribution in [0.15, 0.2) is 30.3 Å². The maximum absolute atomic E-state index is 11.9. The molecule has 0 aliphatic heterocycles. The first-order valence-electron chi connectivity index (χ1n) is 5.48. The average molecular weight is 260 g/mol. The van der Waals surface area contributed by atoms with Crippen molar-refractivity contribution >= 4 is 11.9 Å². The molecule has 19 heavy (non-hydrogen) atoms. The summed E-state index contributed by atoms with van der Waals surface area (Å²) in [5.41, 5.74) is 0.0479. The Morgan fingerprint density at radius 1 is 1.11 bits per heavy atom. The molecule has 0 unspecified atom stereocenters. The topological polar surface area (TPSA) is 88.3 Å². The fourth-order valence-electron chi connectivity index (χ4n) is 1.48. The Bertz CT molecular complexity index is 619. The zero-order valence-corrected chi connectivity index (χ0v) is 10.4. The first-order valence-corrected chi connectivity index (χ1v) is 5.48. The van der Waals surface area contributed by atoms with Crippen LogP contribution < -0.4 is 0 Å². The van der Waals surface area contributed by atoms with Crippen molar-refractivity contribution in [3.63, 3.8) is 0 Å². The minimum atomic E-state index is -1.28. The largest absolute Gasteiger partial charge is 0.476 e. The minimum Gasteiger partial charge on any atom is -0.476 e. The predicted molar refractivity (Wildman–Crippen MR) is 66.3 cm³/mol. The monoisotopic (exact) mass is 260 g/mol. The van der Waals surface area contributed by atoms with E-state index in [1.54, 1.807) is 24.3 Å². The molecular formula is C12H12N4O3. The van der Waals surface area contributed by atoms with Gasteiger partial charge in [-0.3, -0.25) is 4.79 Å². The molecule has 0 spiro atoms. The summed E-state index contributed by atoms with van der Waals surface area (Å²) in [6.07, 6.45) is 0. The maximum Gasteiger partial charge on any atom is 0.358 e. The van der Waals surface area contributed by atoms with Gasteiger partial charge in [-0.05, 0) is 12.1 Å². The summed E-state index contributed by atoms with van der Waals surface area (Å²) in [6, 6.07) is 8.79. The van der Waals surface area contributed by atoms with Crippen LogP contribution in [0.4, 0.5) is 0 Å². The van der Waals surface area contributed by atoms with Gasteiger partial charge in [0.2, 0.25) is 5.69 Å². The molecule has 0 saturated carbocycles. The third kappa shape index (κ3) is 2.44. The van der Waals surface area contributed by atoms with Crippen LogP contribution in [0.25, 0.3) is 5.69 Å². The highest BCUT2D eigenvalue weighted by atomic mass is 16.4. The van der Waals surface area contributed by atoms with Gasteiger partial charge in [-0.1, -0.05) is 18.2 Å². The summed E-state index contributed by atoms with van der Waals surface area (Å²) in [6.45, 7) is 0. The predicted octanol–water partition coefficient (Wildman–Crippen LogP) is 0.667. The van der Waals surface area contributed by atoms with E-state index in [2.05, 4.69) is 10.2 Å². The lowest BCUT2D eigenvalue weighted by Crippen LogP contribution is -2.24. The molecule has 0 radical (unpaired) electrons. The number of rotatable bonds is 3. The molecule has 0 aliphatic rings. The van der Waals surface area contributed by atoms with Gasteiger partial charge in [0.25, 0.3) is 5.91 Å². The number of carbonyl (C=O) groups is 2. The van der Waals surface area contributed by atoms with Crippen molar-refractivity contribution in [1.82, 2.24) is 19.9 Å². The Morgan fingerprint density at radius 2 is 1.68 bits per heavy atom. The van der Waals surface area contributed by atoms with Gasteiger partial charge in [0.15, 0.2) is 5.69 Å². The summed E-state index contributed by atoms with van der Waals surface area (Å²) < 4.78 is 0. The van der Waals surface area contributed by atoms with Crippen LogP contribution in [0.2, 0.25) is 0 Å². The molecule has 2 rings (SSSR count). The van der Waals surface area contributed by atoms with Crippen LogP contribution in [0, 0.1) is 0 Å². The molecule has 7 nitrogen and oxygen atoms in total. The molecule has 1 N–H and O–H groups in total. The van der Waals surface area contributed by atoms with Crippen LogP contribution in [0.3, 0.4) is 0 Å². The van der Waals surface area contributed by atoms with E-state index in [1.807, 2.05) is 6.07 Å². The van der Waals surface area contributed by atoms with Crippen molar-refractivity contribution in [3.05, 3.63) is 41.7 Å². The lowest BCUT2D eigenvalue weighted by Gasteiger charge is -2.07. The highest BCUT2D eigenvalue weighted by Crippen LogP contribution is 2.10. The summed E-state index contributed by atoms with van der Waals surface area (Å²) in [5, 5.41) is 16.9. The highest BCUT2D eigenvalue weighted by Gasteiger charge is 2.25. The number of carboxylic acids is 1. The Hall–Kier alpha value is -2.70. The molecule has 0 aliphatic carbocycles. The molecule has 0 bridgehead atoms. The molecule has 0 fully saturated rings. The number of hydrogen-bond donors (Lipinski definition) is 1. The van der Waals surface area contributed by atoms with Crippen LogP contribution >= 0.6 is 0 Å². The second-order valence-corrected chi connectivity index (χ2v) is 4.03. The van der Waals surface area contributed by atoms with E-state index in [-0.39, 0.29) is 11.4 Å². The molecule has 2 aromatic rings. The average Bonchev–Trinajstić information content (AvgIpc) is 2.83. The van der Waals surface area contributed by atoms with E-state index in [0.717, 1.165) is 4.80 Å². The van der Waals surface area contributed by atoms with Gasteiger partial charge in [-0.15, -0.1) is 15.0 Å². The number of nitrogens with zero attached hydrogens (tertiary/aromatic N) is 4. The lowest BCUT2D eigenvalue weighted by molar-refractivity contribution is 0.0678. The first kappa shape index (κ1) is 12.7. The van der Waals surface area contributed by atoms with Crippen LogP contribution in [0.5, 0.6) is 0 Å². The van der Waals surface area contributed by atoms with Gasteiger partial charge in [-0.25, -0.2) is 4.79 Å². The van der Waals surface area contributed by atoms with E-state index in [9.17, 15) is 9.59 Å². The van der Waals surface area contributed by atoms with Gasteiger partial charge < -0.3 is 10.0 Å². The van der Waals surface area contributed by atoms with Gasteiger partial charge in [0.1, 0.15) is 0 Å². The fourth-order valence-corrected chi connectivity index (χ4v) is 1.48. The third-order valence-electron chi connectivity index (χ3n) is 2.41. The second kappa shape index (κ2) is 4.89. The van der Waals surface area contributed by atoms with Crippen LogP contribution in [-0.4, -0.2) is 51.0 Å². The zero-order valence-electron chi connectivity index (χ0n) is 10.4. The van der Waals surface area contributed by atoms with E-state index >= 15 is 0 Å². The number of para-hydroxylation sites is 1. The summed E-state index contributed by atoms with van der Waals surface area (Å²) in [7, 11) is 3.05. The Labute approximate surface area is 109 Å². The van der Waals surface area contributed by atoms with Crippen molar-refractivity contribution < 1.29 is 14.7 Å².